The van der Waals surface area contributed by atoms with Gasteiger partial charge in [0.25, 0.3) is 0 Å². The molecule has 0 radical (unpaired) electrons. The van der Waals surface area contributed by atoms with Gasteiger partial charge in [-0.25, -0.2) is 4.98 Å². The van der Waals surface area contributed by atoms with Crippen LogP contribution in [0.1, 0.15) is 34.3 Å². The maximum atomic E-state index is 11.4. The minimum atomic E-state index is -0.403. The van der Waals surface area contributed by atoms with E-state index in [9.17, 15) is 4.79 Å². The number of nitrogens with one attached hydrogen (secondary N) is 1. The van der Waals surface area contributed by atoms with Crippen LogP contribution in [-0.4, -0.2) is 15.9 Å². The minimum absolute atomic E-state index is 0.403. The molecule has 4 aromatic rings. The molecule has 4 heteroatoms. The van der Waals surface area contributed by atoms with Crippen LogP contribution in [0.4, 0.5) is 0 Å². The number of nitrogens with zero attached hydrogens (tertiary/aromatic N) is 1. The number of carbonyl (C=O) groups excluding carboxylic acids is 1. The van der Waals surface area contributed by atoms with Gasteiger partial charge in [0.05, 0.1) is 11.2 Å². The van der Waals surface area contributed by atoms with Gasteiger partial charge in [-0.15, -0.1) is 0 Å². The lowest BCUT2D eigenvalue weighted by Crippen LogP contribution is -2.11. The van der Waals surface area contributed by atoms with Crippen LogP contribution < -0.4 is 5.73 Å². The molecular weight excluding hydrogens is 322 g/mol. The Hall–Kier alpha value is -3.14. The number of amides is 1. The highest BCUT2D eigenvalue weighted by Crippen LogP contribution is 2.37. The summed E-state index contributed by atoms with van der Waals surface area (Å²) in [7, 11) is 0. The van der Waals surface area contributed by atoms with E-state index in [0.29, 0.717) is 5.56 Å². The molecule has 128 valence electrons. The highest BCUT2D eigenvalue weighted by atomic mass is 16.1. The molecule has 4 nitrogen and oxygen atoms in total. The van der Waals surface area contributed by atoms with Crippen molar-refractivity contribution >= 4 is 27.7 Å². The van der Waals surface area contributed by atoms with E-state index >= 15 is 0 Å². The zero-order valence-electron chi connectivity index (χ0n) is 14.4. The number of carbonyl (C=O) groups is 1. The van der Waals surface area contributed by atoms with E-state index in [2.05, 4.69) is 23.2 Å². The summed E-state index contributed by atoms with van der Waals surface area (Å²) in [6.45, 7) is 0. The Balaban J connectivity index is 1.80. The fourth-order valence-electron chi connectivity index (χ4n) is 4.19. The van der Waals surface area contributed by atoms with Gasteiger partial charge in [-0.05, 0) is 67.1 Å². The number of H-pyrrole nitrogens is 1. The average molecular weight is 341 g/mol. The zero-order chi connectivity index (χ0) is 17.7. The number of aromatic amines is 1. The Kier molecular flexibility index (Phi) is 3.32. The fourth-order valence-corrected chi connectivity index (χ4v) is 4.19. The first kappa shape index (κ1) is 15.1. The van der Waals surface area contributed by atoms with Crippen molar-refractivity contribution in [3.63, 3.8) is 0 Å². The van der Waals surface area contributed by atoms with Crippen molar-refractivity contribution in [2.45, 2.75) is 25.7 Å². The second kappa shape index (κ2) is 5.70. The molecule has 1 aliphatic rings. The van der Waals surface area contributed by atoms with Crippen LogP contribution in [0.3, 0.4) is 0 Å². The molecule has 0 bridgehead atoms. The molecule has 5 rings (SSSR count). The molecule has 0 atom stereocenters. The van der Waals surface area contributed by atoms with Crippen molar-refractivity contribution in [1.29, 1.82) is 0 Å². The van der Waals surface area contributed by atoms with Crippen molar-refractivity contribution in [3.05, 3.63) is 65.4 Å². The van der Waals surface area contributed by atoms with E-state index in [-0.39, 0.29) is 0 Å². The van der Waals surface area contributed by atoms with Crippen LogP contribution in [0, 0.1) is 0 Å². The average Bonchev–Trinajstić information content (AvgIpc) is 3.16. The van der Waals surface area contributed by atoms with E-state index in [4.69, 9.17) is 10.7 Å². The standard InChI is InChI=1S/C22H19N3O/c23-22(26)14-7-5-13(6-8-14)21-16-4-2-1-3-15(16)20-17-11-12-24-18(17)9-10-19(20)25-21/h5-12,24H,1-4H2,(H2,23,26). The molecule has 0 spiro atoms. The van der Waals surface area contributed by atoms with E-state index in [1.807, 2.05) is 18.3 Å². The molecule has 3 N–H and O–H groups in total. The Labute approximate surface area is 151 Å². The predicted octanol–water partition coefficient (Wildman–Crippen LogP) is 4.36. The van der Waals surface area contributed by atoms with E-state index in [0.717, 1.165) is 35.1 Å². The van der Waals surface area contributed by atoms with Crippen LogP contribution in [0.2, 0.25) is 0 Å². The Morgan fingerprint density at radius 3 is 2.50 bits per heavy atom. The molecule has 0 saturated heterocycles. The van der Waals surface area contributed by atoms with Gasteiger partial charge < -0.3 is 10.7 Å². The van der Waals surface area contributed by atoms with Crippen LogP contribution in [0.15, 0.2) is 48.7 Å². The molecular formula is C22H19N3O. The normalized spacial score (nSPS) is 13.8. The largest absolute Gasteiger partial charge is 0.366 e. The molecule has 0 unspecified atom stereocenters. The summed E-state index contributed by atoms with van der Waals surface area (Å²) in [5.41, 5.74) is 13.0. The molecule has 26 heavy (non-hydrogen) atoms. The summed E-state index contributed by atoms with van der Waals surface area (Å²) in [6, 6.07) is 13.8. The summed E-state index contributed by atoms with van der Waals surface area (Å²) in [5, 5.41) is 2.54. The molecule has 0 saturated carbocycles. The lowest BCUT2D eigenvalue weighted by Gasteiger charge is -2.22. The van der Waals surface area contributed by atoms with Crippen molar-refractivity contribution in [1.82, 2.24) is 9.97 Å². The van der Waals surface area contributed by atoms with Gasteiger partial charge in [0.2, 0.25) is 5.91 Å². The lowest BCUT2D eigenvalue weighted by atomic mass is 9.85. The third-order valence-electron chi connectivity index (χ3n) is 5.44. The summed E-state index contributed by atoms with van der Waals surface area (Å²) in [5.74, 6) is -0.403. The molecule has 1 amide bonds. The van der Waals surface area contributed by atoms with Gasteiger partial charge in [-0.2, -0.15) is 0 Å². The molecule has 2 aromatic heterocycles. The molecule has 0 aliphatic heterocycles. The number of hydrogen-bond acceptors (Lipinski definition) is 2. The Morgan fingerprint density at radius 1 is 0.962 bits per heavy atom. The molecule has 0 fully saturated rings. The number of primary amides is 1. The highest BCUT2D eigenvalue weighted by molar-refractivity contribution is 6.08. The molecule has 2 aromatic carbocycles. The number of hydrogen-bond donors (Lipinski definition) is 2. The van der Waals surface area contributed by atoms with Gasteiger partial charge in [-0.1, -0.05) is 12.1 Å². The first-order valence-corrected chi connectivity index (χ1v) is 9.04. The SMILES string of the molecule is NC(=O)c1ccc(-c2nc3ccc4[nH]ccc4c3c3c2CCCC3)cc1. The number of fused-ring (bicyclic) bond motifs is 5. The Morgan fingerprint density at radius 2 is 1.73 bits per heavy atom. The third kappa shape index (κ3) is 2.22. The van der Waals surface area contributed by atoms with Gasteiger partial charge in [-0.3, -0.25) is 4.79 Å². The minimum Gasteiger partial charge on any atom is -0.366 e. The van der Waals surface area contributed by atoms with Crippen LogP contribution >= 0.6 is 0 Å². The maximum absolute atomic E-state index is 11.4. The molecule has 2 heterocycles. The van der Waals surface area contributed by atoms with Crippen LogP contribution in [-0.2, 0) is 12.8 Å². The van der Waals surface area contributed by atoms with E-state index < -0.39 is 5.91 Å². The zero-order valence-corrected chi connectivity index (χ0v) is 14.4. The predicted molar refractivity (Wildman–Crippen MR) is 104 cm³/mol. The van der Waals surface area contributed by atoms with E-state index in [1.54, 1.807) is 12.1 Å². The summed E-state index contributed by atoms with van der Waals surface area (Å²) >= 11 is 0. The lowest BCUT2D eigenvalue weighted by molar-refractivity contribution is 0.100. The summed E-state index contributed by atoms with van der Waals surface area (Å²) < 4.78 is 0. The highest BCUT2D eigenvalue weighted by Gasteiger charge is 2.21. The van der Waals surface area contributed by atoms with Crippen molar-refractivity contribution < 1.29 is 4.79 Å². The number of nitrogens with two attached hydrogens (primary N) is 1. The molecule has 1 aliphatic carbocycles. The second-order valence-electron chi connectivity index (χ2n) is 6.96. The monoisotopic (exact) mass is 341 g/mol. The first-order chi connectivity index (χ1) is 12.7. The number of pyridine rings is 1. The van der Waals surface area contributed by atoms with Crippen LogP contribution in [0.5, 0.6) is 0 Å². The van der Waals surface area contributed by atoms with Crippen LogP contribution in [0.25, 0.3) is 33.1 Å². The number of aryl methyl sites for hydroxylation is 1. The summed E-state index contributed by atoms with van der Waals surface area (Å²) in [6.07, 6.45) is 6.54. The summed E-state index contributed by atoms with van der Waals surface area (Å²) in [4.78, 5) is 19.7. The quantitative estimate of drug-likeness (QED) is 0.568. The van der Waals surface area contributed by atoms with Gasteiger partial charge in [0.15, 0.2) is 0 Å². The smallest absolute Gasteiger partial charge is 0.248 e. The van der Waals surface area contributed by atoms with Gasteiger partial charge in [0.1, 0.15) is 0 Å². The number of benzene rings is 2. The van der Waals surface area contributed by atoms with E-state index in [1.165, 1.54) is 34.7 Å². The fraction of sp³-hybridized carbons (Fsp3) is 0.182. The van der Waals surface area contributed by atoms with Gasteiger partial charge >= 0.3 is 0 Å². The first-order valence-electron chi connectivity index (χ1n) is 9.04. The van der Waals surface area contributed by atoms with Gasteiger partial charge in [0, 0.05) is 33.6 Å². The number of rotatable bonds is 2. The maximum Gasteiger partial charge on any atom is 0.248 e. The number of aromatic nitrogens is 2. The van der Waals surface area contributed by atoms with Crippen molar-refractivity contribution in [3.8, 4) is 11.3 Å². The topological polar surface area (TPSA) is 71.8 Å². The second-order valence-corrected chi connectivity index (χ2v) is 6.96. The van der Waals surface area contributed by atoms with Crippen molar-refractivity contribution in [2.75, 3.05) is 0 Å². The Bertz CT molecular complexity index is 1160. The van der Waals surface area contributed by atoms with Crippen molar-refractivity contribution in [2.24, 2.45) is 5.73 Å². The third-order valence-corrected chi connectivity index (χ3v) is 5.44.